The van der Waals surface area contributed by atoms with Crippen molar-refractivity contribution in [3.63, 3.8) is 0 Å². The van der Waals surface area contributed by atoms with Crippen LogP contribution in [0.4, 0.5) is 18.9 Å². The Bertz CT molecular complexity index is 1140. The van der Waals surface area contributed by atoms with E-state index in [2.05, 4.69) is 15.5 Å². The first-order valence-corrected chi connectivity index (χ1v) is 11.5. The minimum Gasteiger partial charge on any atom is -0.481 e. The summed E-state index contributed by atoms with van der Waals surface area (Å²) in [7, 11) is 0. The topological polar surface area (TPSA) is 69.0 Å². The van der Waals surface area contributed by atoms with E-state index in [4.69, 9.17) is 27.9 Å². The highest BCUT2D eigenvalue weighted by Gasteiger charge is 2.31. The van der Waals surface area contributed by atoms with Gasteiger partial charge in [0.15, 0.2) is 17.1 Å². The fraction of sp³-hybridized carbons (Fsp3) is 0.286. The molecule has 0 saturated heterocycles. The molecule has 0 bridgehead atoms. The number of ether oxygens (including phenoxy) is 1. The van der Waals surface area contributed by atoms with Crippen molar-refractivity contribution < 1.29 is 22.7 Å². The summed E-state index contributed by atoms with van der Waals surface area (Å²) in [5.41, 5.74) is -1.02. The van der Waals surface area contributed by atoms with Gasteiger partial charge < -0.3 is 14.6 Å². The molecule has 1 N–H and O–H groups in total. The Morgan fingerprint density at radius 3 is 2.58 bits per heavy atom. The van der Waals surface area contributed by atoms with Gasteiger partial charge in [0.1, 0.15) is 5.75 Å². The maximum Gasteiger partial charge on any atom is 0.416 e. The largest absolute Gasteiger partial charge is 0.481 e. The van der Waals surface area contributed by atoms with Crippen LogP contribution in [-0.2, 0) is 17.5 Å². The van der Waals surface area contributed by atoms with Crippen LogP contribution in [0.5, 0.6) is 5.75 Å². The summed E-state index contributed by atoms with van der Waals surface area (Å²) < 4.78 is 46.4. The molecule has 1 atom stereocenters. The minimum absolute atomic E-state index is 0.00547. The van der Waals surface area contributed by atoms with Crippen molar-refractivity contribution >= 4 is 46.6 Å². The maximum absolute atomic E-state index is 12.9. The average Bonchev–Trinajstić information content (AvgIpc) is 3.17. The number of anilines is 1. The van der Waals surface area contributed by atoms with Crippen LogP contribution in [-0.4, -0.2) is 26.4 Å². The van der Waals surface area contributed by atoms with E-state index in [0.717, 1.165) is 30.0 Å². The summed E-state index contributed by atoms with van der Waals surface area (Å²) in [6, 6.07) is 9.79. The molecule has 0 aliphatic rings. The summed E-state index contributed by atoms with van der Waals surface area (Å²) in [6.07, 6.45) is -5.01. The van der Waals surface area contributed by atoms with Crippen LogP contribution in [0.2, 0.25) is 10.0 Å². The number of alkyl halides is 3. The number of nitrogens with one attached hydrogen (secondary N) is 1. The van der Waals surface area contributed by atoms with Gasteiger partial charge in [0.05, 0.1) is 27.0 Å². The molecule has 2 aromatic carbocycles. The quantitative estimate of drug-likeness (QED) is 0.345. The Labute approximate surface area is 202 Å². The Hall–Kier alpha value is -2.43. The van der Waals surface area contributed by atoms with E-state index in [1.807, 2.05) is 6.92 Å². The number of carbonyl (C=O) groups is 1. The van der Waals surface area contributed by atoms with Crippen LogP contribution in [0.3, 0.4) is 0 Å². The molecule has 1 amide bonds. The Morgan fingerprint density at radius 2 is 1.91 bits per heavy atom. The van der Waals surface area contributed by atoms with E-state index in [0.29, 0.717) is 28.3 Å². The predicted octanol–water partition coefficient (Wildman–Crippen LogP) is 6.49. The van der Waals surface area contributed by atoms with Crippen molar-refractivity contribution in [3.8, 4) is 5.75 Å². The number of halogens is 5. The van der Waals surface area contributed by atoms with Crippen LogP contribution in [0, 0.1) is 0 Å². The normalized spacial score (nSPS) is 12.5. The van der Waals surface area contributed by atoms with Crippen LogP contribution in [0.25, 0.3) is 0 Å². The van der Waals surface area contributed by atoms with Crippen LogP contribution < -0.4 is 10.1 Å². The van der Waals surface area contributed by atoms with E-state index >= 15 is 0 Å². The van der Waals surface area contributed by atoms with Gasteiger partial charge in [-0.3, -0.25) is 4.79 Å². The van der Waals surface area contributed by atoms with E-state index in [1.54, 1.807) is 35.8 Å². The van der Waals surface area contributed by atoms with E-state index in [1.165, 1.54) is 0 Å². The van der Waals surface area contributed by atoms with Gasteiger partial charge >= 0.3 is 6.18 Å². The predicted molar refractivity (Wildman–Crippen MR) is 122 cm³/mol. The van der Waals surface area contributed by atoms with Gasteiger partial charge in [0.25, 0.3) is 0 Å². The van der Waals surface area contributed by atoms with E-state index < -0.39 is 23.8 Å². The Kier molecular flexibility index (Phi) is 8.14. The first-order chi connectivity index (χ1) is 15.6. The van der Waals surface area contributed by atoms with Gasteiger partial charge in [0, 0.05) is 6.54 Å². The van der Waals surface area contributed by atoms with E-state index in [-0.39, 0.29) is 16.5 Å². The molecule has 12 heteroatoms. The SMILES string of the molecule is CCn1c(SCC(=O)Nc2cc(C(F)(F)F)ccc2Cl)nnc1[C@H](C)Oc1ccccc1Cl. The van der Waals surface area contributed by atoms with Crippen molar-refractivity contribution in [2.75, 3.05) is 11.1 Å². The molecule has 1 heterocycles. The van der Waals surface area contributed by atoms with E-state index in [9.17, 15) is 18.0 Å². The summed E-state index contributed by atoms with van der Waals surface area (Å²) in [4.78, 5) is 12.3. The molecule has 3 rings (SSSR count). The summed E-state index contributed by atoms with van der Waals surface area (Å²) >= 11 is 13.2. The van der Waals surface area contributed by atoms with Gasteiger partial charge in [-0.15, -0.1) is 10.2 Å². The van der Waals surface area contributed by atoms with Gasteiger partial charge in [-0.1, -0.05) is 47.1 Å². The first kappa shape index (κ1) is 25.2. The van der Waals surface area contributed by atoms with Crippen molar-refractivity contribution in [2.45, 2.75) is 37.8 Å². The maximum atomic E-state index is 12.9. The third-order valence-electron chi connectivity index (χ3n) is 4.47. The Balaban J connectivity index is 1.67. The second-order valence-electron chi connectivity index (χ2n) is 6.80. The highest BCUT2D eigenvalue weighted by atomic mass is 35.5. The molecule has 176 valence electrons. The summed E-state index contributed by atoms with van der Waals surface area (Å²) in [6.45, 7) is 4.21. The molecule has 0 aliphatic carbocycles. The lowest BCUT2D eigenvalue weighted by Gasteiger charge is -2.16. The lowest BCUT2D eigenvalue weighted by molar-refractivity contribution is -0.137. The van der Waals surface area contributed by atoms with Gasteiger partial charge in [0.2, 0.25) is 5.91 Å². The zero-order chi connectivity index (χ0) is 24.2. The highest BCUT2D eigenvalue weighted by molar-refractivity contribution is 7.99. The number of benzene rings is 2. The van der Waals surface area contributed by atoms with Crippen LogP contribution in [0.1, 0.15) is 31.3 Å². The fourth-order valence-corrected chi connectivity index (χ4v) is 4.06. The Morgan fingerprint density at radius 1 is 1.18 bits per heavy atom. The zero-order valence-electron chi connectivity index (χ0n) is 17.5. The average molecular weight is 519 g/mol. The second kappa shape index (κ2) is 10.7. The number of nitrogens with zero attached hydrogens (tertiary/aromatic N) is 3. The molecule has 3 aromatic rings. The molecule has 33 heavy (non-hydrogen) atoms. The minimum atomic E-state index is -4.55. The third kappa shape index (κ3) is 6.33. The molecular formula is C21H19Cl2F3N4O2S. The molecule has 0 fully saturated rings. The number of amides is 1. The fourth-order valence-electron chi connectivity index (χ4n) is 2.90. The van der Waals surface area contributed by atoms with Crippen molar-refractivity contribution in [3.05, 3.63) is 63.9 Å². The van der Waals surface area contributed by atoms with Gasteiger partial charge in [-0.25, -0.2) is 0 Å². The molecule has 0 aliphatic heterocycles. The second-order valence-corrected chi connectivity index (χ2v) is 8.56. The molecule has 1 aromatic heterocycles. The van der Waals surface area contributed by atoms with Gasteiger partial charge in [-0.2, -0.15) is 13.2 Å². The van der Waals surface area contributed by atoms with Gasteiger partial charge in [-0.05, 0) is 44.2 Å². The summed E-state index contributed by atoms with van der Waals surface area (Å²) in [5.74, 6) is 0.406. The molecule has 0 saturated carbocycles. The number of para-hydroxylation sites is 1. The monoisotopic (exact) mass is 518 g/mol. The lowest BCUT2D eigenvalue weighted by Crippen LogP contribution is -2.16. The third-order valence-corrected chi connectivity index (χ3v) is 6.07. The van der Waals surface area contributed by atoms with Crippen LogP contribution in [0.15, 0.2) is 47.6 Å². The lowest BCUT2D eigenvalue weighted by atomic mass is 10.2. The highest BCUT2D eigenvalue weighted by Crippen LogP contribution is 2.34. The molecule has 6 nitrogen and oxygen atoms in total. The standard InChI is InChI=1S/C21H19Cl2F3N4O2S/c1-3-30-19(12(2)32-17-7-5-4-6-15(17)23)28-29-20(30)33-11-18(31)27-16-10-13(21(24,25)26)8-9-14(16)22/h4-10,12H,3,11H2,1-2H3,(H,27,31)/t12-/m0/s1. The number of thioether (sulfide) groups is 1. The number of carbonyl (C=O) groups excluding carboxylic acids is 1. The molecular weight excluding hydrogens is 500 g/mol. The number of hydrogen-bond acceptors (Lipinski definition) is 5. The van der Waals surface area contributed by atoms with Crippen LogP contribution >= 0.6 is 35.0 Å². The number of aromatic nitrogens is 3. The zero-order valence-corrected chi connectivity index (χ0v) is 19.8. The molecule has 0 unspecified atom stereocenters. The van der Waals surface area contributed by atoms with Crippen molar-refractivity contribution in [1.82, 2.24) is 14.8 Å². The van der Waals surface area contributed by atoms with Crippen molar-refractivity contribution in [2.24, 2.45) is 0 Å². The smallest absolute Gasteiger partial charge is 0.416 e. The van der Waals surface area contributed by atoms with Crippen molar-refractivity contribution in [1.29, 1.82) is 0 Å². The summed E-state index contributed by atoms with van der Waals surface area (Å²) in [5, 5.41) is 11.6. The molecule has 0 radical (unpaired) electrons. The molecule has 0 spiro atoms. The number of rotatable bonds is 8. The first-order valence-electron chi connectivity index (χ1n) is 9.73. The number of hydrogen-bond donors (Lipinski definition) is 1.